The number of amides is 2. The van der Waals surface area contributed by atoms with E-state index in [-0.39, 0.29) is 29.7 Å². The average molecular weight is 364 g/mol. The van der Waals surface area contributed by atoms with Crippen molar-refractivity contribution in [3.63, 3.8) is 0 Å². The van der Waals surface area contributed by atoms with Gasteiger partial charge in [-0.2, -0.15) is 0 Å². The van der Waals surface area contributed by atoms with Gasteiger partial charge in [0.15, 0.2) is 0 Å². The molecule has 6 nitrogen and oxygen atoms in total. The van der Waals surface area contributed by atoms with Crippen LogP contribution in [0.1, 0.15) is 58.8 Å². The molecule has 0 radical (unpaired) electrons. The third kappa shape index (κ3) is 4.21. The lowest BCUT2D eigenvalue weighted by Crippen LogP contribution is -2.50. The highest BCUT2D eigenvalue weighted by molar-refractivity contribution is 5.88. The van der Waals surface area contributed by atoms with Gasteiger partial charge >= 0.3 is 5.97 Å². The van der Waals surface area contributed by atoms with Gasteiger partial charge in [-0.15, -0.1) is 0 Å². The third-order valence-electron chi connectivity index (χ3n) is 6.59. The van der Waals surface area contributed by atoms with Crippen LogP contribution in [-0.2, 0) is 19.1 Å². The van der Waals surface area contributed by atoms with Gasteiger partial charge in [-0.1, -0.05) is 13.8 Å². The number of carbonyl (C=O) groups excluding carboxylic acids is 3. The van der Waals surface area contributed by atoms with Gasteiger partial charge in [-0.25, -0.2) is 4.79 Å². The Morgan fingerprint density at radius 2 is 1.54 bits per heavy atom. The van der Waals surface area contributed by atoms with E-state index in [0.717, 1.165) is 17.8 Å². The number of esters is 1. The molecule has 0 saturated heterocycles. The lowest BCUT2D eigenvalue weighted by atomic mass is 9.49. The molecule has 2 N–H and O–H groups in total. The van der Waals surface area contributed by atoms with E-state index in [0.29, 0.717) is 6.42 Å². The fourth-order valence-corrected chi connectivity index (χ4v) is 5.94. The Morgan fingerprint density at radius 1 is 1.00 bits per heavy atom. The van der Waals surface area contributed by atoms with E-state index in [1.165, 1.54) is 45.6 Å². The van der Waals surface area contributed by atoms with Crippen LogP contribution in [0.5, 0.6) is 0 Å². The minimum absolute atomic E-state index is 0.0405. The summed E-state index contributed by atoms with van der Waals surface area (Å²) in [6, 6.07) is -0.687. The zero-order valence-electron chi connectivity index (χ0n) is 16.2. The number of rotatable bonds is 7. The Labute approximate surface area is 155 Å². The first-order chi connectivity index (χ1) is 12.3. The van der Waals surface area contributed by atoms with Crippen LogP contribution in [0.3, 0.4) is 0 Å². The van der Waals surface area contributed by atoms with Crippen LogP contribution >= 0.6 is 0 Å². The fourth-order valence-electron chi connectivity index (χ4n) is 5.94. The molecule has 4 aliphatic rings. The zero-order valence-corrected chi connectivity index (χ0v) is 16.2. The van der Waals surface area contributed by atoms with Crippen LogP contribution in [0.25, 0.3) is 0 Å². The Morgan fingerprint density at radius 3 is 2.00 bits per heavy atom. The number of hydrogen-bond acceptors (Lipinski definition) is 4. The van der Waals surface area contributed by atoms with Crippen molar-refractivity contribution in [2.45, 2.75) is 64.8 Å². The molecular formula is C20H32N2O4. The van der Waals surface area contributed by atoms with Crippen LogP contribution in [0, 0.1) is 29.1 Å². The second kappa shape index (κ2) is 7.57. The summed E-state index contributed by atoms with van der Waals surface area (Å²) in [4.78, 5) is 36.3. The third-order valence-corrected chi connectivity index (χ3v) is 6.59. The average Bonchev–Trinajstić information content (AvgIpc) is 2.55. The predicted molar refractivity (Wildman–Crippen MR) is 97.0 cm³/mol. The van der Waals surface area contributed by atoms with Gasteiger partial charge in [-0.3, -0.25) is 9.59 Å². The van der Waals surface area contributed by atoms with E-state index in [9.17, 15) is 14.4 Å². The van der Waals surface area contributed by atoms with Crippen molar-refractivity contribution in [2.24, 2.45) is 29.1 Å². The maximum atomic E-state index is 12.5. The second-order valence-electron chi connectivity index (χ2n) is 9.18. The molecule has 0 aromatic heterocycles. The number of nitrogens with one attached hydrogen (secondary N) is 2. The van der Waals surface area contributed by atoms with Crippen LogP contribution in [-0.4, -0.2) is 37.5 Å². The standard InChI is InChI=1S/C20H32N2O4/c1-12(2)18(19(25)26-3)22-17(24)11-21-16(23)10-20-7-13-4-14(8-20)6-15(5-13)9-20/h12-15,18H,4-11H2,1-3H3,(H,21,23)(H,22,24). The van der Waals surface area contributed by atoms with Gasteiger partial charge in [0, 0.05) is 6.42 Å². The molecule has 1 unspecified atom stereocenters. The summed E-state index contributed by atoms with van der Waals surface area (Å²) in [6.45, 7) is 3.59. The molecule has 26 heavy (non-hydrogen) atoms. The minimum Gasteiger partial charge on any atom is -0.467 e. The Balaban J connectivity index is 1.47. The molecular weight excluding hydrogens is 332 g/mol. The highest BCUT2D eigenvalue weighted by atomic mass is 16.5. The van der Waals surface area contributed by atoms with Crippen molar-refractivity contribution in [2.75, 3.05) is 13.7 Å². The van der Waals surface area contributed by atoms with Crippen molar-refractivity contribution >= 4 is 17.8 Å². The number of methoxy groups -OCH3 is 1. The van der Waals surface area contributed by atoms with Crippen LogP contribution in [0.4, 0.5) is 0 Å². The largest absolute Gasteiger partial charge is 0.467 e. The molecule has 2 amide bonds. The van der Waals surface area contributed by atoms with Gasteiger partial charge in [0.25, 0.3) is 0 Å². The zero-order chi connectivity index (χ0) is 18.9. The molecule has 6 heteroatoms. The summed E-state index contributed by atoms with van der Waals surface area (Å²) in [5.74, 6) is 1.49. The predicted octanol–water partition coefficient (Wildman–Crippen LogP) is 2.02. The summed E-state index contributed by atoms with van der Waals surface area (Å²) in [7, 11) is 1.30. The van der Waals surface area contributed by atoms with Gasteiger partial charge in [0.1, 0.15) is 6.04 Å². The van der Waals surface area contributed by atoms with Crippen molar-refractivity contribution < 1.29 is 19.1 Å². The Kier molecular flexibility index (Phi) is 5.58. The van der Waals surface area contributed by atoms with E-state index >= 15 is 0 Å². The Hall–Kier alpha value is -1.59. The minimum atomic E-state index is -0.687. The van der Waals surface area contributed by atoms with Gasteiger partial charge in [0.05, 0.1) is 13.7 Å². The summed E-state index contributed by atoms with van der Waals surface area (Å²) >= 11 is 0. The molecule has 1 atom stereocenters. The highest BCUT2D eigenvalue weighted by Gasteiger charge is 2.51. The lowest BCUT2D eigenvalue weighted by Gasteiger charge is -2.56. The maximum absolute atomic E-state index is 12.5. The molecule has 0 aliphatic heterocycles. The van der Waals surface area contributed by atoms with E-state index in [1.807, 2.05) is 13.8 Å². The molecule has 146 valence electrons. The molecule has 4 fully saturated rings. The molecule has 4 rings (SSSR count). The van der Waals surface area contributed by atoms with Crippen molar-refractivity contribution in [3.8, 4) is 0 Å². The quantitative estimate of drug-likeness (QED) is 0.677. The first-order valence-electron chi connectivity index (χ1n) is 9.94. The van der Waals surface area contributed by atoms with Gasteiger partial charge in [0.2, 0.25) is 11.8 Å². The van der Waals surface area contributed by atoms with Crippen molar-refractivity contribution in [1.29, 1.82) is 0 Å². The maximum Gasteiger partial charge on any atom is 0.328 e. The number of carbonyl (C=O) groups is 3. The smallest absolute Gasteiger partial charge is 0.328 e. The van der Waals surface area contributed by atoms with E-state index in [4.69, 9.17) is 4.74 Å². The number of ether oxygens (including phenoxy) is 1. The van der Waals surface area contributed by atoms with Crippen LogP contribution in [0.15, 0.2) is 0 Å². The topological polar surface area (TPSA) is 84.5 Å². The van der Waals surface area contributed by atoms with E-state index < -0.39 is 12.0 Å². The Bertz CT molecular complexity index is 537. The lowest BCUT2D eigenvalue weighted by molar-refractivity contribution is -0.146. The summed E-state index contributed by atoms with van der Waals surface area (Å²) < 4.78 is 4.72. The normalized spacial score (nSPS) is 33.0. The summed E-state index contributed by atoms with van der Waals surface area (Å²) in [6.07, 6.45) is 8.13. The molecule has 0 spiro atoms. The second-order valence-corrected chi connectivity index (χ2v) is 9.18. The molecule has 4 saturated carbocycles. The van der Waals surface area contributed by atoms with Crippen molar-refractivity contribution in [1.82, 2.24) is 10.6 Å². The summed E-state index contributed by atoms with van der Waals surface area (Å²) in [5, 5.41) is 5.41. The summed E-state index contributed by atoms with van der Waals surface area (Å²) in [5.41, 5.74) is 0.168. The van der Waals surface area contributed by atoms with E-state index in [1.54, 1.807) is 0 Å². The molecule has 0 heterocycles. The molecule has 0 aromatic rings. The van der Waals surface area contributed by atoms with Crippen LogP contribution < -0.4 is 10.6 Å². The first-order valence-corrected chi connectivity index (χ1v) is 9.94. The molecule has 4 bridgehead atoms. The van der Waals surface area contributed by atoms with Crippen LogP contribution in [0.2, 0.25) is 0 Å². The first kappa shape index (κ1) is 19.2. The highest BCUT2D eigenvalue weighted by Crippen LogP contribution is 2.61. The van der Waals surface area contributed by atoms with Crippen molar-refractivity contribution in [3.05, 3.63) is 0 Å². The molecule has 4 aliphatic carbocycles. The van der Waals surface area contributed by atoms with Gasteiger partial charge < -0.3 is 15.4 Å². The van der Waals surface area contributed by atoms with Gasteiger partial charge in [-0.05, 0) is 67.6 Å². The monoisotopic (exact) mass is 364 g/mol. The molecule has 0 aromatic carbocycles. The fraction of sp³-hybridized carbons (Fsp3) is 0.850. The number of hydrogen-bond donors (Lipinski definition) is 2. The SMILES string of the molecule is COC(=O)C(NC(=O)CNC(=O)CC12CC3CC(CC(C3)C1)C2)C(C)C. The van der Waals surface area contributed by atoms with E-state index in [2.05, 4.69) is 10.6 Å².